The highest BCUT2D eigenvalue weighted by atomic mass is 17.0. The van der Waals surface area contributed by atoms with Crippen LogP contribution >= 0.6 is 0 Å². The average Bonchev–Trinajstić information content (AvgIpc) is 3.45. The van der Waals surface area contributed by atoms with Crippen molar-refractivity contribution in [2.75, 3.05) is 26.4 Å². The fourth-order valence-electron chi connectivity index (χ4n) is 9.50. The van der Waals surface area contributed by atoms with Crippen molar-refractivity contribution in [3.63, 3.8) is 0 Å². The predicted octanol–water partition coefficient (Wildman–Crippen LogP) is 3.58. The van der Waals surface area contributed by atoms with E-state index in [4.69, 9.17) is 24.7 Å². The number of aliphatic hydroxyl groups is 1. The number of allylic oxidation sites excluding steroid dienone is 4. The van der Waals surface area contributed by atoms with Gasteiger partial charge in [0.1, 0.15) is 11.8 Å². The molecule has 3 N–H and O–H groups in total. The summed E-state index contributed by atoms with van der Waals surface area (Å²) in [5.41, 5.74) is 5.16. The van der Waals surface area contributed by atoms with Gasteiger partial charge < -0.3 is 39.5 Å². The van der Waals surface area contributed by atoms with Gasteiger partial charge in [-0.15, -0.1) is 20.2 Å². The van der Waals surface area contributed by atoms with Crippen LogP contribution in [0.4, 0.5) is 4.79 Å². The van der Waals surface area contributed by atoms with Gasteiger partial charge in [0.05, 0.1) is 25.9 Å². The van der Waals surface area contributed by atoms with Crippen LogP contribution in [0, 0.1) is 55.2 Å². The van der Waals surface area contributed by atoms with Crippen LogP contribution in [0.3, 0.4) is 0 Å². The number of aliphatic hydroxyl groups excluding tert-OH is 1. The molecule has 0 radical (unpaired) electrons. The maximum absolute atomic E-state index is 14.3. The van der Waals surface area contributed by atoms with Crippen molar-refractivity contribution >= 4 is 29.7 Å². The number of hydrogen-bond donors (Lipinski definition) is 2. The molecule has 19 nitrogen and oxygen atoms in total. The molecule has 0 saturated heterocycles. The standard InChI is InChI=1S/C39H49N3O16/c1-23-18-29-28-12-9-25-20-26(43)13-14-38(25,2)35(28)32(44)21-30(29)39(23,58-34(46)6-5-17-56-42(51)52)33(45)22-54-37(48)57-27-10-7-24(8-11-27)19-31(40)36(47)53-15-3-4-16-55-41(49)50/h7-8,10-11,13-14,20,23,28-32,35,44H,3-6,9,12,15-19,21-22,40H2,1-2H3/t23?,28?,29?,30?,31?,32?,35?,38?,39-/m1/s1. The van der Waals surface area contributed by atoms with E-state index in [9.17, 15) is 49.3 Å². The summed E-state index contributed by atoms with van der Waals surface area (Å²) in [6.07, 6.45) is 5.14. The molecule has 58 heavy (non-hydrogen) atoms. The third-order valence-electron chi connectivity index (χ3n) is 12.0. The Hall–Kier alpha value is -5.43. The Bertz CT molecular complexity index is 1800. The number of unbranched alkanes of at least 4 members (excludes halogenated alkanes) is 1. The maximum atomic E-state index is 14.3. The molecule has 0 spiro atoms. The second-order valence-electron chi connectivity index (χ2n) is 15.5. The zero-order chi connectivity index (χ0) is 42.2. The number of ketones is 2. The zero-order valence-electron chi connectivity index (χ0n) is 32.3. The first kappa shape index (κ1) is 43.7. The number of carbonyl (C=O) groups is 5. The molecule has 8 unspecified atom stereocenters. The van der Waals surface area contributed by atoms with Crippen LogP contribution in [0.2, 0.25) is 0 Å². The molecular weight excluding hydrogens is 766 g/mol. The van der Waals surface area contributed by atoms with E-state index in [0.717, 1.165) is 5.57 Å². The minimum absolute atomic E-state index is 0.0129. The van der Waals surface area contributed by atoms with Crippen molar-refractivity contribution in [1.29, 1.82) is 0 Å². The molecule has 4 aliphatic rings. The molecule has 5 rings (SSSR count). The van der Waals surface area contributed by atoms with Crippen LogP contribution < -0.4 is 10.5 Å². The molecule has 3 fully saturated rings. The van der Waals surface area contributed by atoms with Gasteiger partial charge in [-0.1, -0.05) is 37.6 Å². The van der Waals surface area contributed by atoms with Crippen molar-refractivity contribution < 1.29 is 67.9 Å². The molecule has 1 aromatic rings. The van der Waals surface area contributed by atoms with Crippen LogP contribution in [0.25, 0.3) is 0 Å². The second kappa shape index (κ2) is 18.9. The first-order chi connectivity index (χ1) is 27.5. The van der Waals surface area contributed by atoms with Gasteiger partial charge in [-0.05, 0) is 93.1 Å². The van der Waals surface area contributed by atoms with Gasteiger partial charge in [0.15, 0.2) is 18.0 Å². The number of rotatable bonds is 19. The van der Waals surface area contributed by atoms with Crippen LogP contribution in [-0.2, 0) is 49.5 Å². The molecule has 316 valence electrons. The molecule has 0 aliphatic heterocycles. The zero-order valence-corrected chi connectivity index (χ0v) is 32.3. The number of fused-ring (bicyclic) bond motifs is 5. The number of ether oxygens (including phenoxy) is 4. The smallest absolute Gasteiger partial charge is 0.465 e. The first-order valence-corrected chi connectivity index (χ1v) is 19.3. The molecule has 0 heterocycles. The number of esters is 2. The van der Waals surface area contributed by atoms with Crippen molar-refractivity contribution in [2.24, 2.45) is 40.7 Å². The van der Waals surface area contributed by atoms with Crippen LogP contribution in [0.15, 0.2) is 48.1 Å². The van der Waals surface area contributed by atoms with Gasteiger partial charge in [-0.3, -0.25) is 19.2 Å². The largest absolute Gasteiger partial charge is 0.514 e. The highest BCUT2D eigenvalue weighted by Crippen LogP contribution is 2.64. The van der Waals surface area contributed by atoms with E-state index in [1.54, 1.807) is 25.1 Å². The Balaban J connectivity index is 1.22. The lowest BCUT2D eigenvalue weighted by atomic mass is 9.49. The molecule has 0 amide bonds. The number of Topliss-reactive ketones (excluding diaryl/α,β-unsaturated/α-hetero) is 1. The van der Waals surface area contributed by atoms with Crippen LogP contribution in [0.5, 0.6) is 5.75 Å². The monoisotopic (exact) mass is 815 g/mol. The van der Waals surface area contributed by atoms with Crippen molar-refractivity contribution in [3.8, 4) is 5.75 Å². The number of benzene rings is 1. The van der Waals surface area contributed by atoms with E-state index in [1.807, 2.05) is 13.0 Å². The van der Waals surface area contributed by atoms with Crippen molar-refractivity contribution in [2.45, 2.75) is 89.4 Å². The SMILES string of the molecule is CC1CC2C3CCC4=CC(=O)C=CC4(C)C3C(O)CC2[C@@]1(OC(=O)CCCO[N+](=O)[O-])C(=O)COC(=O)Oc1ccc(CC(N)C(=O)OCCCCO[N+](=O)[O-])cc1. The number of hydrogen-bond acceptors (Lipinski definition) is 17. The van der Waals surface area contributed by atoms with E-state index in [1.165, 1.54) is 18.2 Å². The Morgan fingerprint density at radius 3 is 2.33 bits per heavy atom. The topological polar surface area (TPSA) is 273 Å². The Kier molecular flexibility index (Phi) is 14.2. The normalized spacial score (nSPS) is 28.7. The van der Waals surface area contributed by atoms with E-state index >= 15 is 0 Å². The lowest BCUT2D eigenvalue weighted by Gasteiger charge is -2.56. The fraction of sp³-hybridized carbons (Fsp3) is 0.615. The van der Waals surface area contributed by atoms with Crippen LogP contribution in [-0.4, -0.2) is 89.1 Å². The molecule has 19 heteroatoms. The number of nitrogens with two attached hydrogens (primary N) is 1. The summed E-state index contributed by atoms with van der Waals surface area (Å²) in [7, 11) is 0. The van der Waals surface area contributed by atoms with Crippen molar-refractivity contribution in [3.05, 3.63) is 73.9 Å². The minimum Gasteiger partial charge on any atom is -0.465 e. The third kappa shape index (κ3) is 9.98. The minimum atomic E-state index is -1.79. The van der Waals surface area contributed by atoms with Gasteiger partial charge in [0, 0.05) is 29.6 Å². The number of carbonyl (C=O) groups excluding carboxylic acids is 5. The summed E-state index contributed by atoms with van der Waals surface area (Å²) >= 11 is 0. The summed E-state index contributed by atoms with van der Waals surface area (Å²) in [5.74, 6) is -3.90. The van der Waals surface area contributed by atoms with Crippen LogP contribution in [0.1, 0.15) is 70.8 Å². The first-order valence-electron chi connectivity index (χ1n) is 19.3. The second-order valence-corrected chi connectivity index (χ2v) is 15.5. The van der Waals surface area contributed by atoms with Gasteiger partial charge in [-0.2, -0.15) is 0 Å². The van der Waals surface area contributed by atoms with Gasteiger partial charge >= 0.3 is 18.1 Å². The Morgan fingerprint density at radius 1 is 0.966 bits per heavy atom. The molecule has 1 aromatic carbocycles. The lowest BCUT2D eigenvalue weighted by molar-refractivity contribution is -0.757. The van der Waals surface area contributed by atoms with E-state index in [-0.39, 0.29) is 74.8 Å². The van der Waals surface area contributed by atoms with E-state index < -0.39 is 75.7 Å². The summed E-state index contributed by atoms with van der Waals surface area (Å²) in [6.45, 7) is 2.51. The Morgan fingerprint density at radius 2 is 1.64 bits per heavy atom. The molecule has 3 saturated carbocycles. The van der Waals surface area contributed by atoms with Gasteiger partial charge in [0.2, 0.25) is 5.78 Å². The summed E-state index contributed by atoms with van der Waals surface area (Å²) in [6, 6.07) is 4.99. The third-order valence-corrected chi connectivity index (χ3v) is 12.0. The quantitative estimate of drug-likeness (QED) is 0.0504. The molecule has 0 aromatic heterocycles. The molecule has 9 atom stereocenters. The highest BCUT2D eigenvalue weighted by Gasteiger charge is 2.67. The van der Waals surface area contributed by atoms with Crippen molar-refractivity contribution in [1.82, 2.24) is 0 Å². The molecular formula is C39H49N3O16. The summed E-state index contributed by atoms with van der Waals surface area (Å²) < 4.78 is 21.8. The van der Waals surface area contributed by atoms with Gasteiger partial charge in [0.25, 0.3) is 10.2 Å². The van der Waals surface area contributed by atoms with E-state index in [0.29, 0.717) is 37.7 Å². The lowest BCUT2D eigenvalue weighted by Crippen LogP contribution is -2.59. The predicted molar refractivity (Wildman–Crippen MR) is 197 cm³/mol. The van der Waals surface area contributed by atoms with E-state index in [2.05, 4.69) is 9.68 Å². The highest BCUT2D eigenvalue weighted by molar-refractivity contribution is 6.01. The average molecular weight is 816 g/mol. The van der Waals surface area contributed by atoms with Gasteiger partial charge in [-0.25, -0.2) is 4.79 Å². The summed E-state index contributed by atoms with van der Waals surface area (Å²) in [4.78, 5) is 94.3. The summed E-state index contributed by atoms with van der Waals surface area (Å²) in [5, 5.41) is 30.7. The molecule has 0 bridgehead atoms. The maximum Gasteiger partial charge on any atom is 0.514 e. The Labute approximate surface area is 333 Å². The molecule has 4 aliphatic carbocycles. The fourth-order valence-corrected chi connectivity index (χ4v) is 9.50. The number of nitrogens with zero attached hydrogens (tertiary/aromatic N) is 2.